The average Bonchev–Trinajstić information content (AvgIpc) is 2.80. The maximum absolute atomic E-state index is 13.3. The van der Waals surface area contributed by atoms with Gasteiger partial charge in [0.2, 0.25) is 15.9 Å². The van der Waals surface area contributed by atoms with E-state index in [-0.39, 0.29) is 27.8 Å². The van der Waals surface area contributed by atoms with Crippen molar-refractivity contribution in [1.29, 1.82) is 0 Å². The molecule has 1 aromatic heterocycles. The van der Waals surface area contributed by atoms with Gasteiger partial charge in [-0.05, 0) is 54.5 Å². The summed E-state index contributed by atoms with van der Waals surface area (Å²) in [5, 5.41) is 0. The second kappa shape index (κ2) is 9.83. The van der Waals surface area contributed by atoms with E-state index >= 15 is 0 Å². The minimum absolute atomic E-state index is 0.0142. The van der Waals surface area contributed by atoms with Crippen LogP contribution in [0.15, 0.2) is 59.6 Å². The largest absolute Gasteiger partial charge is 0.416 e. The summed E-state index contributed by atoms with van der Waals surface area (Å²) in [6.45, 7) is 0.723. The minimum atomic E-state index is -5.06. The maximum atomic E-state index is 13.3. The lowest BCUT2D eigenvalue weighted by atomic mass is 10.0. The minimum Gasteiger partial charge on any atom is -0.366 e. The summed E-state index contributed by atoms with van der Waals surface area (Å²) in [4.78, 5) is 19.9. The molecule has 3 aromatic rings. The number of alkyl halides is 6. The number of primary amides is 1. The highest BCUT2D eigenvalue weighted by Gasteiger charge is 2.37. The van der Waals surface area contributed by atoms with Gasteiger partial charge in [-0.15, -0.1) is 0 Å². The number of aromatic nitrogens is 2. The quantitative estimate of drug-likeness (QED) is 0.353. The summed E-state index contributed by atoms with van der Waals surface area (Å²) >= 11 is 0. The molecule has 1 amide bonds. The molecule has 0 aliphatic carbocycles. The number of nitrogens with two attached hydrogens (primary N) is 1. The highest BCUT2D eigenvalue weighted by Crippen LogP contribution is 2.38. The van der Waals surface area contributed by atoms with E-state index in [4.69, 9.17) is 5.73 Å². The Bertz CT molecular complexity index is 1500. The molecule has 0 bridgehead atoms. The fourth-order valence-corrected chi connectivity index (χ4v) is 5.18. The third-order valence-electron chi connectivity index (χ3n) is 5.68. The molecule has 38 heavy (non-hydrogen) atoms. The molecule has 0 radical (unpaired) electrons. The molecule has 0 spiro atoms. The van der Waals surface area contributed by atoms with E-state index in [0.717, 1.165) is 18.7 Å². The Labute approximate surface area is 212 Å². The molecule has 2 aromatic carbocycles. The van der Waals surface area contributed by atoms with Crippen molar-refractivity contribution in [3.63, 3.8) is 0 Å². The number of hydrogen-bond acceptors (Lipinski definition) is 5. The van der Waals surface area contributed by atoms with E-state index < -0.39 is 50.8 Å². The van der Waals surface area contributed by atoms with Crippen LogP contribution in [0.2, 0.25) is 0 Å². The molecule has 200 valence electrons. The fourth-order valence-electron chi connectivity index (χ4n) is 3.62. The monoisotopic (exact) mass is 556 g/mol. The van der Waals surface area contributed by atoms with Gasteiger partial charge in [0.25, 0.3) is 0 Å². The number of carbonyl (C=O) groups is 1. The molecular formula is C24H18F6N4O3S. The van der Waals surface area contributed by atoms with Gasteiger partial charge < -0.3 is 5.73 Å². The fraction of sp³-hybridized carbons (Fsp3) is 0.208. The Kier molecular flexibility index (Phi) is 7.05. The van der Waals surface area contributed by atoms with Crippen molar-refractivity contribution in [3.05, 3.63) is 77.1 Å². The topological polar surface area (TPSA) is 106 Å². The molecule has 2 N–H and O–H groups in total. The Morgan fingerprint density at radius 1 is 0.947 bits per heavy atom. The van der Waals surface area contributed by atoms with Crippen LogP contribution in [0.5, 0.6) is 0 Å². The first-order chi connectivity index (χ1) is 17.7. The second-order valence-corrected chi connectivity index (χ2v) is 10.2. The Hall–Kier alpha value is -3.78. The molecule has 0 unspecified atom stereocenters. The maximum Gasteiger partial charge on any atom is 0.416 e. The molecule has 1 fully saturated rings. The van der Waals surface area contributed by atoms with Crippen molar-refractivity contribution >= 4 is 27.6 Å². The number of rotatable bonds is 6. The van der Waals surface area contributed by atoms with Crippen LogP contribution < -0.4 is 5.73 Å². The van der Waals surface area contributed by atoms with E-state index in [1.165, 1.54) is 34.6 Å². The number of nitrogens with zero attached hydrogens (tertiary/aromatic N) is 3. The standard InChI is InChI=1S/C24H18F6N4O3S/c25-23(26,27)16-9-15(10-17(12-16)24(28,29)30)22-32-6-5-18(33-22)13-20(21(31)35)14-3-1-4-19(11-14)38(36,37)34-7-2-8-34/h1,3-6,9-13H,2,7-8H2,(H2,31,35)/b20-13+. The van der Waals surface area contributed by atoms with Crippen LogP contribution >= 0.6 is 0 Å². The number of hydrogen-bond donors (Lipinski definition) is 1. The van der Waals surface area contributed by atoms with E-state index in [9.17, 15) is 39.6 Å². The zero-order valence-electron chi connectivity index (χ0n) is 19.2. The Morgan fingerprint density at radius 3 is 2.11 bits per heavy atom. The SMILES string of the molecule is NC(=O)/C(=C/c1ccnc(-c2cc(C(F)(F)F)cc(C(F)(F)F)c2)n1)c1cccc(S(=O)(=O)N2CCC2)c1. The number of halogens is 6. The summed E-state index contributed by atoms with van der Waals surface area (Å²) in [5.74, 6) is -1.43. The van der Waals surface area contributed by atoms with E-state index in [1.54, 1.807) is 0 Å². The second-order valence-electron chi connectivity index (χ2n) is 8.31. The van der Waals surface area contributed by atoms with Crippen LogP contribution in [-0.2, 0) is 27.2 Å². The van der Waals surface area contributed by atoms with E-state index in [1.807, 2.05) is 0 Å². The van der Waals surface area contributed by atoms with Crippen molar-refractivity contribution in [2.75, 3.05) is 13.1 Å². The smallest absolute Gasteiger partial charge is 0.366 e. The molecule has 1 aliphatic rings. The molecule has 7 nitrogen and oxygen atoms in total. The molecule has 1 aliphatic heterocycles. The third-order valence-corrected chi connectivity index (χ3v) is 7.57. The summed E-state index contributed by atoms with van der Waals surface area (Å²) < 4.78 is 106. The van der Waals surface area contributed by atoms with Crippen LogP contribution in [-0.4, -0.2) is 41.7 Å². The first kappa shape index (κ1) is 27.3. The number of benzene rings is 2. The van der Waals surface area contributed by atoms with Crippen molar-refractivity contribution in [3.8, 4) is 11.4 Å². The molecule has 0 atom stereocenters. The van der Waals surface area contributed by atoms with Crippen LogP contribution in [0.25, 0.3) is 23.0 Å². The lowest BCUT2D eigenvalue weighted by Gasteiger charge is -2.29. The number of amides is 1. The first-order valence-corrected chi connectivity index (χ1v) is 12.4. The Balaban J connectivity index is 1.77. The predicted octanol–water partition coefficient (Wildman–Crippen LogP) is 4.60. The van der Waals surface area contributed by atoms with Gasteiger partial charge in [0.1, 0.15) is 0 Å². The molecule has 14 heteroatoms. The predicted molar refractivity (Wildman–Crippen MR) is 124 cm³/mol. The van der Waals surface area contributed by atoms with Gasteiger partial charge in [-0.1, -0.05) is 12.1 Å². The van der Waals surface area contributed by atoms with Crippen molar-refractivity contribution < 1.29 is 39.6 Å². The van der Waals surface area contributed by atoms with Gasteiger partial charge in [0.05, 0.1) is 21.7 Å². The van der Waals surface area contributed by atoms with Gasteiger partial charge in [0, 0.05) is 30.4 Å². The molecule has 2 heterocycles. The zero-order valence-corrected chi connectivity index (χ0v) is 20.0. The summed E-state index contributed by atoms with van der Waals surface area (Å²) in [5.41, 5.74) is 1.75. The normalized spacial score (nSPS) is 15.3. The van der Waals surface area contributed by atoms with Crippen LogP contribution in [0.3, 0.4) is 0 Å². The highest BCUT2D eigenvalue weighted by molar-refractivity contribution is 7.89. The van der Waals surface area contributed by atoms with Gasteiger partial charge in [-0.3, -0.25) is 4.79 Å². The number of carbonyl (C=O) groups excluding carboxylic acids is 1. The van der Waals surface area contributed by atoms with Crippen molar-refractivity contribution in [2.24, 2.45) is 5.73 Å². The van der Waals surface area contributed by atoms with Gasteiger partial charge in [-0.25, -0.2) is 18.4 Å². The van der Waals surface area contributed by atoms with Crippen molar-refractivity contribution in [2.45, 2.75) is 23.7 Å². The first-order valence-electron chi connectivity index (χ1n) is 10.9. The van der Waals surface area contributed by atoms with Crippen LogP contribution in [0, 0.1) is 0 Å². The lowest BCUT2D eigenvalue weighted by molar-refractivity contribution is -0.143. The summed E-state index contributed by atoms with van der Waals surface area (Å²) in [6, 6.07) is 7.64. The third kappa shape index (κ3) is 5.70. The van der Waals surface area contributed by atoms with E-state index in [2.05, 4.69) is 9.97 Å². The molecule has 1 saturated heterocycles. The Morgan fingerprint density at radius 2 is 1.58 bits per heavy atom. The lowest BCUT2D eigenvalue weighted by Crippen LogP contribution is -2.41. The zero-order chi connectivity index (χ0) is 27.9. The number of sulfonamides is 1. The molecular weight excluding hydrogens is 538 g/mol. The van der Waals surface area contributed by atoms with Crippen molar-refractivity contribution in [1.82, 2.24) is 14.3 Å². The molecule has 0 saturated carbocycles. The summed E-state index contributed by atoms with van der Waals surface area (Å²) in [7, 11) is -3.79. The summed E-state index contributed by atoms with van der Waals surface area (Å²) in [6.07, 6.45) is -7.17. The van der Waals surface area contributed by atoms with E-state index in [0.29, 0.717) is 25.2 Å². The van der Waals surface area contributed by atoms with Gasteiger partial charge in [-0.2, -0.15) is 30.6 Å². The van der Waals surface area contributed by atoms with Gasteiger partial charge >= 0.3 is 12.4 Å². The highest BCUT2D eigenvalue weighted by atomic mass is 32.2. The van der Waals surface area contributed by atoms with Gasteiger partial charge in [0.15, 0.2) is 5.82 Å². The van der Waals surface area contributed by atoms with Crippen LogP contribution in [0.1, 0.15) is 28.8 Å². The van der Waals surface area contributed by atoms with Crippen LogP contribution in [0.4, 0.5) is 26.3 Å². The average molecular weight is 556 g/mol. The molecule has 4 rings (SSSR count).